The van der Waals surface area contributed by atoms with Gasteiger partial charge in [0.15, 0.2) is 0 Å². The van der Waals surface area contributed by atoms with Crippen molar-refractivity contribution >= 4 is 11.8 Å². The Balaban J connectivity index is 2.29. The van der Waals surface area contributed by atoms with Gasteiger partial charge in [-0.3, -0.25) is 9.59 Å². The fraction of sp³-hybridized carbons (Fsp3) is 0.882. The normalized spacial score (nSPS) is 28.4. The van der Waals surface area contributed by atoms with Crippen molar-refractivity contribution < 1.29 is 9.59 Å². The number of amides is 2. The number of hydrogen-bond acceptors (Lipinski definition) is 2. The fourth-order valence-electron chi connectivity index (χ4n) is 3.91. The molecule has 1 N–H and O–H groups in total. The maximum atomic E-state index is 13.1. The Morgan fingerprint density at radius 3 is 2.24 bits per heavy atom. The molecule has 4 nitrogen and oxygen atoms in total. The van der Waals surface area contributed by atoms with Gasteiger partial charge in [0, 0.05) is 18.5 Å². The smallest absolute Gasteiger partial charge is 0.248 e. The van der Waals surface area contributed by atoms with Crippen LogP contribution in [0, 0.1) is 11.3 Å². The highest BCUT2D eigenvalue weighted by Gasteiger charge is 2.53. The standard InChI is InChI=1S/C17H30N2O2/c1-15(2,3)11-16(4,5)19-10-9-13(20)18-17(6,14(19)21)12-7-8-12/h12H,7-11H2,1-6H3,(H,18,20). The number of nitrogens with one attached hydrogen (secondary N) is 1. The summed E-state index contributed by atoms with van der Waals surface area (Å²) in [7, 11) is 0. The lowest BCUT2D eigenvalue weighted by Gasteiger charge is -2.44. The molecule has 0 bridgehead atoms. The van der Waals surface area contributed by atoms with Crippen molar-refractivity contribution in [2.45, 2.75) is 78.3 Å². The maximum Gasteiger partial charge on any atom is 0.248 e. The molecule has 2 rings (SSSR count). The molecule has 1 aliphatic heterocycles. The minimum atomic E-state index is -0.706. The number of nitrogens with zero attached hydrogens (tertiary/aromatic N) is 1. The first-order chi connectivity index (χ1) is 9.46. The molecular formula is C17H30N2O2. The van der Waals surface area contributed by atoms with Crippen molar-refractivity contribution in [3.63, 3.8) is 0 Å². The van der Waals surface area contributed by atoms with E-state index < -0.39 is 5.54 Å². The van der Waals surface area contributed by atoms with E-state index in [-0.39, 0.29) is 22.8 Å². The molecule has 1 saturated carbocycles. The van der Waals surface area contributed by atoms with Crippen LogP contribution in [0.15, 0.2) is 0 Å². The van der Waals surface area contributed by atoms with Gasteiger partial charge < -0.3 is 10.2 Å². The van der Waals surface area contributed by atoms with E-state index >= 15 is 0 Å². The molecule has 0 aromatic heterocycles. The Kier molecular flexibility index (Phi) is 3.88. The minimum Gasteiger partial charge on any atom is -0.342 e. The van der Waals surface area contributed by atoms with Crippen LogP contribution in [-0.2, 0) is 9.59 Å². The molecule has 21 heavy (non-hydrogen) atoms. The molecule has 1 atom stereocenters. The Morgan fingerprint density at radius 1 is 1.19 bits per heavy atom. The molecular weight excluding hydrogens is 264 g/mol. The molecule has 1 heterocycles. The van der Waals surface area contributed by atoms with E-state index in [1.165, 1.54) is 0 Å². The van der Waals surface area contributed by atoms with Gasteiger partial charge in [-0.05, 0) is 51.4 Å². The monoisotopic (exact) mass is 294 g/mol. The summed E-state index contributed by atoms with van der Waals surface area (Å²) in [4.78, 5) is 27.1. The third-order valence-corrected chi connectivity index (χ3v) is 4.74. The number of rotatable bonds is 3. The van der Waals surface area contributed by atoms with Crippen molar-refractivity contribution in [1.82, 2.24) is 10.2 Å². The molecule has 120 valence electrons. The molecule has 2 amide bonds. The van der Waals surface area contributed by atoms with Crippen molar-refractivity contribution in [2.75, 3.05) is 6.54 Å². The third kappa shape index (κ3) is 3.41. The average molecular weight is 294 g/mol. The first kappa shape index (κ1) is 16.3. The number of hydrogen-bond donors (Lipinski definition) is 1. The number of carbonyl (C=O) groups excluding carboxylic acids is 2. The number of carbonyl (C=O) groups is 2. The largest absolute Gasteiger partial charge is 0.342 e. The highest BCUT2D eigenvalue weighted by Crippen LogP contribution is 2.43. The van der Waals surface area contributed by atoms with Crippen LogP contribution in [0.5, 0.6) is 0 Å². The summed E-state index contributed by atoms with van der Waals surface area (Å²) < 4.78 is 0. The van der Waals surface area contributed by atoms with E-state index in [9.17, 15) is 9.59 Å². The molecule has 2 aliphatic rings. The van der Waals surface area contributed by atoms with Crippen LogP contribution in [0.25, 0.3) is 0 Å². The van der Waals surface area contributed by atoms with E-state index in [0.29, 0.717) is 18.9 Å². The van der Waals surface area contributed by atoms with Crippen molar-refractivity contribution in [3.05, 3.63) is 0 Å². The predicted octanol–water partition coefficient (Wildman–Crippen LogP) is 2.72. The van der Waals surface area contributed by atoms with Gasteiger partial charge >= 0.3 is 0 Å². The van der Waals surface area contributed by atoms with Gasteiger partial charge in [-0.2, -0.15) is 0 Å². The van der Waals surface area contributed by atoms with Gasteiger partial charge in [0.1, 0.15) is 5.54 Å². The second kappa shape index (κ2) is 4.99. The van der Waals surface area contributed by atoms with Crippen LogP contribution in [-0.4, -0.2) is 34.3 Å². The molecule has 0 aromatic rings. The highest BCUT2D eigenvalue weighted by atomic mass is 16.2. The van der Waals surface area contributed by atoms with E-state index in [1.54, 1.807) is 0 Å². The van der Waals surface area contributed by atoms with Crippen molar-refractivity contribution in [1.29, 1.82) is 0 Å². The first-order valence-electron chi connectivity index (χ1n) is 8.09. The zero-order valence-corrected chi connectivity index (χ0v) is 14.4. The summed E-state index contributed by atoms with van der Waals surface area (Å²) in [5.74, 6) is 0.414. The van der Waals surface area contributed by atoms with Crippen LogP contribution in [0.4, 0.5) is 0 Å². The van der Waals surface area contributed by atoms with Crippen molar-refractivity contribution in [3.8, 4) is 0 Å². The lowest BCUT2D eigenvalue weighted by Crippen LogP contribution is -2.61. The van der Waals surface area contributed by atoms with E-state index in [4.69, 9.17) is 0 Å². The minimum absolute atomic E-state index is 0.00630. The summed E-state index contributed by atoms with van der Waals surface area (Å²) in [5, 5.41) is 3.00. The zero-order chi connectivity index (χ0) is 16.1. The molecule has 4 heteroatoms. The van der Waals surface area contributed by atoms with Gasteiger partial charge in [0.2, 0.25) is 11.8 Å². The Labute approximate surface area is 128 Å². The quantitative estimate of drug-likeness (QED) is 0.870. The van der Waals surface area contributed by atoms with Crippen LogP contribution in [0.3, 0.4) is 0 Å². The van der Waals surface area contributed by atoms with E-state index in [1.807, 2.05) is 11.8 Å². The molecule has 1 aliphatic carbocycles. The summed E-state index contributed by atoms with van der Waals surface area (Å²) in [6.07, 6.45) is 3.40. The summed E-state index contributed by atoms with van der Waals surface area (Å²) in [5.41, 5.74) is -0.802. The van der Waals surface area contributed by atoms with Crippen molar-refractivity contribution in [2.24, 2.45) is 11.3 Å². The lowest BCUT2D eigenvalue weighted by atomic mass is 9.79. The zero-order valence-electron chi connectivity index (χ0n) is 14.4. The van der Waals surface area contributed by atoms with E-state index in [0.717, 1.165) is 19.3 Å². The predicted molar refractivity (Wildman–Crippen MR) is 83.8 cm³/mol. The highest BCUT2D eigenvalue weighted by molar-refractivity contribution is 5.94. The Bertz CT molecular complexity index is 446. The molecule has 1 unspecified atom stereocenters. The summed E-state index contributed by atoms with van der Waals surface area (Å²) in [6, 6.07) is 0. The molecule has 0 spiro atoms. The summed E-state index contributed by atoms with van der Waals surface area (Å²) in [6.45, 7) is 13.3. The summed E-state index contributed by atoms with van der Waals surface area (Å²) >= 11 is 0. The second-order valence-corrected chi connectivity index (χ2v) is 8.78. The van der Waals surface area contributed by atoms with E-state index in [2.05, 4.69) is 39.9 Å². The van der Waals surface area contributed by atoms with Gasteiger partial charge in [-0.1, -0.05) is 20.8 Å². The van der Waals surface area contributed by atoms with Gasteiger partial charge in [0.25, 0.3) is 0 Å². The molecule has 2 fully saturated rings. The molecule has 0 aromatic carbocycles. The molecule has 0 radical (unpaired) electrons. The maximum absolute atomic E-state index is 13.1. The fourth-order valence-corrected chi connectivity index (χ4v) is 3.91. The van der Waals surface area contributed by atoms with Gasteiger partial charge in [-0.15, -0.1) is 0 Å². The van der Waals surface area contributed by atoms with Gasteiger partial charge in [0.05, 0.1) is 0 Å². The van der Waals surface area contributed by atoms with Crippen LogP contribution in [0.2, 0.25) is 0 Å². The second-order valence-electron chi connectivity index (χ2n) is 8.78. The topological polar surface area (TPSA) is 49.4 Å². The van der Waals surface area contributed by atoms with Crippen LogP contribution in [0.1, 0.15) is 67.2 Å². The Hall–Kier alpha value is -1.06. The van der Waals surface area contributed by atoms with Gasteiger partial charge in [-0.25, -0.2) is 0 Å². The lowest BCUT2D eigenvalue weighted by molar-refractivity contribution is -0.144. The van der Waals surface area contributed by atoms with Crippen LogP contribution >= 0.6 is 0 Å². The SMILES string of the molecule is CC(C)(C)CC(C)(C)N1CCC(=O)NC(C)(C2CC2)C1=O. The third-order valence-electron chi connectivity index (χ3n) is 4.74. The Morgan fingerprint density at radius 2 is 1.76 bits per heavy atom. The average Bonchev–Trinajstić information content (AvgIpc) is 3.07. The first-order valence-corrected chi connectivity index (χ1v) is 8.09. The molecule has 1 saturated heterocycles. The van der Waals surface area contributed by atoms with Crippen LogP contribution < -0.4 is 5.32 Å².